The van der Waals surface area contributed by atoms with Gasteiger partial charge in [-0.3, -0.25) is 9.58 Å². The highest BCUT2D eigenvalue weighted by Gasteiger charge is 2.29. The molecule has 17 heavy (non-hydrogen) atoms. The van der Waals surface area contributed by atoms with E-state index in [2.05, 4.69) is 22.2 Å². The Kier molecular flexibility index (Phi) is 2.92. The molecule has 0 amide bonds. The summed E-state index contributed by atoms with van der Waals surface area (Å²) in [5.41, 5.74) is 2.67. The lowest BCUT2D eigenvalue weighted by Gasteiger charge is -2.16. The summed E-state index contributed by atoms with van der Waals surface area (Å²) in [5, 5.41) is 8.04. The number of nitrogens with zero attached hydrogens (tertiary/aromatic N) is 3. The normalized spacial score (nSPS) is 25.6. The molecule has 1 aromatic heterocycles. The van der Waals surface area contributed by atoms with E-state index in [4.69, 9.17) is 0 Å². The molecule has 1 saturated carbocycles. The zero-order valence-corrected chi connectivity index (χ0v) is 10.8. The topological polar surface area (TPSA) is 33.1 Å². The Hall–Kier alpha value is -0.870. The van der Waals surface area contributed by atoms with Crippen molar-refractivity contribution < 1.29 is 0 Å². The summed E-state index contributed by atoms with van der Waals surface area (Å²) < 4.78 is 1.96. The van der Waals surface area contributed by atoms with E-state index < -0.39 is 0 Å². The fourth-order valence-corrected chi connectivity index (χ4v) is 2.64. The van der Waals surface area contributed by atoms with Crippen molar-refractivity contribution in [1.82, 2.24) is 20.0 Å². The number of aromatic nitrogens is 2. The second-order valence-corrected chi connectivity index (χ2v) is 5.54. The zero-order valence-electron chi connectivity index (χ0n) is 10.8. The highest BCUT2D eigenvalue weighted by molar-refractivity contribution is 5.15. The van der Waals surface area contributed by atoms with Crippen LogP contribution >= 0.6 is 0 Å². The summed E-state index contributed by atoms with van der Waals surface area (Å²) in [6.45, 7) is 5.63. The van der Waals surface area contributed by atoms with Crippen molar-refractivity contribution in [2.75, 3.05) is 13.1 Å². The minimum Gasteiger partial charge on any atom is -0.310 e. The zero-order chi connectivity index (χ0) is 11.8. The van der Waals surface area contributed by atoms with Gasteiger partial charge >= 0.3 is 0 Å². The van der Waals surface area contributed by atoms with Gasteiger partial charge in [-0.2, -0.15) is 5.10 Å². The van der Waals surface area contributed by atoms with E-state index in [1.165, 1.54) is 43.6 Å². The lowest BCUT2D eigenvalue weighted by atomic mass is 10.2. The molecule has 2 aliphatic rings. The van der Waals surface area contributed by atoms with E-state index in [0.717, 1.165) is 18.6 Å². The molecule has 1 aliphatic carbocycles. The third-order valence-electron chi connectivity index (χ3n) is 4.05. The molecule has 1 aliphatic heterocycles. The second kappa shape index (κ2) is 4.42. The molecule has 0 bridgehead atoms. The summed E-state index contributed by atoms with van der Waals surface area (Å²) in [5.74, 6) is 0. The molecular weight excluding hydrogens is 212 g/mol. The molecule has 0 radical (unpaired) electrons. The van der Waals surface area contributed by atoms with Crippen LogP contribution in [0.4, 0.5) is 0 Å². The lowest BCUT2D eigenvalue weighted by molar-refractivity contribution is 0.319. The standard InChI is InChI=1S/C13H22N4/c1-10-11(7-14-16(10)2)8-17-6-5-13(9-17)15-12-3-4-12/h7,12-13,15H,3-6,8-9H2,1-2H3. The van der Waals surface area contributed by atoms with Crippen LogP contribution in [0.15, 0.2) is 6.20 Å². The predicted molar refractivity (Wildman–Crippen MR) is 67.8 cm³/mol. The Morgan fingerprint density at radius 1 is 1.35 bits per heavy atom. The predicted octanol–water partition coefficient (Wildman–Crippen LogP) is 1.05. The number of rotatable bonds is 4. The maximum Gasteiger partial charge on any atom is 0.0537 e. The number of nitrogens with one attached hydrogen (secondary N) is 1. The van der Waals surface area contributed by atoms with Crippen LogP contribution in [0.2, 0.25) is 0 Å². The first-order valence-corrected chi connectivity index (χ1v) is 6.68. The van der Waals surface area contributed by atoms with Gasteiger partial charge in [-0.15, -0.1) is 0 Å². The van der Waals surface area contributed by atoms with Crippen molar-refractivity contribution in [3.8, 4) is 0 Å². The number of hydrogen-bond acceptors (Lipinski definition) is 3. The summed E-state index contributed by atoms with van der Waals surface area (Å²) in [6.07, 6.45) is 6.09. The molecule has 3 rings (SSSR count). The Morgan fingerprint density at radius 2 is 2.18 bits per heavy atom. The summed E-state index contributed by atoms with van der Waals surface area (Å²) >= 11 is 0. The van der Waals surface area contributed by atoms with Crippen LogP contribution < -0.4 is 5.32 Å². The summed E-state index contributed by atoms with van der Waals surface area (Å²) in [4.78, 5) is 2.55. The third kappa shape index (κ3) is 2.53. The number of likely N-dealkylation sites (tertiary alicyclic amines) is 1. The fraction of sp³-hybridized carbons (Fsp3) is 0.769. The molecule has 2 fully saturated rings. The van der Waals surface area contributed by atoms with E-state index in [9.17, 15) is 0 Å². The molecule has 1 unspecified atom stereocenters. The van der Waals surface area contributed by atoms with Crippen LogP contribution in [0.3, 0.4) is 0 Å². The minimum absolute atomic E-state index is 0.722. The smallest absolute Gasteiger partial charge is 0.0537 e. The molecule has 94 valence electrons. The van der Waals surface area contributed by atoms with Crippen molar-refractivity contribution in [2.24, 2.45) is 7.05 Å². The van der Waals surface area contributed by atoms with Gasteiger partial charge in [0.2, 0.25) is 0 Å². The van der Waals surface area contributed by atoms with Crippen LogP contribution in [0.1, 0.15) is 30.5 Å². The van der Waals surface area contributed by atoms with Gasteiger partial charge in [-0.25, -0.2) is 0 Å². The van der Waals surface area contributed by atoms with Gasteiger partial charge in [-0.05, 0) is 26.2 Å². The maximum atomic E-state index is 4.31. The van der Waals surface area contributed by atoms with Gasteiger partial charge in [0, 0.05) is 50.0 Å². The highest BCUT2D eigenvalue weighted by Crippen LogP contribution is 2.22. The quantitative estimate of drug-likeness (QED) is 0.845. The molecule has 1 aromatic rings. The average Bonchev–Trinajstić information content (AvgIpc) is 2.93. The molecule has 1 saturated heterocycles. The van der Waals surface area contributed by atoms with Crippen molar-refractivity contribution in [3.05, 3.63) is 17.5 Å². The molecule has 4 heteroatoms. The van der Waals surface area contributed by atoms with Crippen molar-refractivity contribution >= 4 is 0 Å². The van der Waals surface area contributed by atoms with E-state index in [0.29, 0.717) is 0 Å². The van der Waals surface area contributed by atoms with Gasteiger partial charge in [0.25, 0.3) is 0 Å². The summed E-state index contributed by atoms with van der Waals surface area (Å²) in [7, 11) is 2.01. The molecule has 0 aromatic carbocycles. The van der Waals surface area contributed by atoms with Crippen LogP contribution in [0.5, 0.6) is 0 Å². The Labute approximate surface area is 103 Å². The van der Waals surface area contributed by atoms with E-state index >= 15 is 0 Å². The first kappa shape index (κ1) is 11.2. The van der Waals surface area contributed by atoms with Gasteiger partial charge in [0.15, 0.2) is 0 Å². The fourth-order valence-electron chi connectivity index (χ4n) is 2.64. The van der Waals surface area contributed by atoms with Gasteiger partial charge in [0.05, 0.1) is 6.20 Å². The second-order valence-electron chi connectivity index (χ2n) is 5.54. The first-order valence-electron chi connectivity index (χ1n) is 6.68. The molecule has 1 N–H and O–H groups in total. The van der Waals surface area contributed by atoms with Crippen LogP contribution in [0, 0.1) is 6.92 Å². The SMILES string of the molecule is Cc1c(CN2CCC(NC3CC3)C2)cnn1C. The van der Waals surface area contributed by atoms with E-state index in [1.807, 2.05) is 17.9 Å². The average molecular weight is 234 g/mol. The summed E-state index contributed by atoms with van der Waals surface area (Å²) in [6, 6.07) is 1.56. The number of hydrogen-bond donors (Lipinski definition) is 1. The molecular formula is C13H22N4. The van der Waals surface area contributed by atoms with E-state index in [1.54, 1.807) is 0 Å². The Morgan fingerprint density at radius 3 is 2.82 bits per heavy atom. The Balaban J connectivity index is 1.54. The molecule has 0 spiro atoms. The first-order chi connectivity index (χ1) is 8.22. The lowest BCUT2D eigenvalue weighted by Crippen LogP contribution is -2.33. The van der Waals surface area contributed by atoms with Crippen molar-refractivity contribution in [2.45, 2.75) is 44.8 Å². The highest BCUT2D eigenvalue weighted by atomic mass is 15.3. The van der Waals surface area contributed by atoms with Crippen LogP contribution in [0.25, 0.3) is 0 Å². The van der Waals surface area contributed by atoms with E-state index in [-0.39, 0.29) is 0 Å². The van der Waals surface area contributed by atoms with Crippen LogP contribution in [-0.4, -0.2) is 39.9 Å². The third-order valence-corrected chi connectivity index (χ3v) is 4.05. The molecule has 4 nitrogen and oxygen atoms in total. The van der Waals surface area contributed by atoms with Crippen molar-refractivity contribution in [3.63, 3.8) is 0 Å². The molecule has 1 atom stereocenters. The maximum absolute atomic E-state index is 4.31. The van der Waals surface area contributed by atoms with Gasteiger partial charge in [0.1, 0.15) is 0 Å². The molecule has 2 heterocycles. The monoisotopic (exact) mass is 234 g/mol. The minimum atomic E-state index is 0.722. The number of aryl methyl sites for hydroxylation is 1. The van der Waals surface area contributed by atoms with Crippen molar-refractivity contribution in [1.29, 1.82) is 0 Å². The van der Waals surface area contributed by atoms with Gasteiger partial charge in [-0.1, -0.05) is 0 Å². The largest absolute Gasteiger partial charge is 0.310 e. The van der Waals surface area contributed by atoms with Crippen LogP contribution in [-0.2, 0) is 13.6 Å². The Bertz CT molecular complexity index is 394. The van der Waals surface area contributed by atoms with Gasteiger partial charge < -0.3 is 5.32 Å².